The number of anilines is 3. The molecule has 1 saturated heterocycles. The van der Waals surface area contributed by atoms with Crippen LogP contribution in [0.2, 0.25) is 0 Å². The number of aromatic nitrogens is 2. The van der Waals surface area contributed by atoms with Crippen molar-refractivity contribution in [3.05, 3.63) is 41.9 Å². The van der Waals surface area contributed by atoms with E-state index in [1.54, 1.807) is 37.3 Å². The first-order valence-corrected chi connectivity index (χ1v) is 9.46. The zero-order valence-corrected chi connectivity index (χ0v) is 16.5. The van der Waals surface area contributed by atoms with Crippen LogP contribution >= 0.6 is 0 Å². The van der Waals surface area contributed by atoms with Crippen LogP contribution in [0.25, 0.3) is 0 Å². The summed E-state index contributed by atoms with van der Waals surface area (Å²) >= 11 is 0. The quantitative estimate of drug-likeness (QED) is 0.823. The second kappa shape index (κ2) is 8.79. The Hall–Kier alpha value is -3.00. The van der Waals surface area contributed by atoms with Crippen LogP contribution in [-0.2, 0) is 4.79 Å². The molecule has 0 spiro atoms. The lowest BCUT2D eigenvalue weighted by atomic mass is 10.2. The normalized spacial score (nSPS) is 14.6. The lowest BCUT2D eigenvalue weighted by Crippen LogP contribution is -2.46. The third-order valence-corrected chi connectivity index (χ3v) is 4.64. The average molecular weight is 382 g/mol. The summed E-state index contributed by atoms with van der Waals surface area (Å²) in [5.74, 6) is 0.870. The van der Waals surface area contributed by atoms with E-state index in [-0.39, 0.29) is 11.8 Å². The minimum Gasteiger partial charge on any atom is -0.354 e. The molecule has 1 aromatic carbocycles. The fourth-order valence-corrected chi connectivity index (χ4v) is 3.20. The van der Waals surface area contributed by atoms with E-state index in [1.165, 1.54) is 6.92 Å². The van der Waals surface area contributed by atoms with E-state index in [9.17, 15) is 9.59 Å². The van der Waals surface area contributed by atoms with Gasteiger partial charge in [-0.05, 0) is 31.7 Å². The summed E-state index contributed by atoms with van der Waals surface area (Å²) < 4.78 is 0. The molecular formula is C20H26N6O2. The molecule has 1 aliphatic heterocycles. The van der Waals surface area contributed by atoms with E-state index >= 15 is 0 Å². The van der Waals surface area contributed by atoms with Crippen molar-refractivity contribution in [1.82, 2.24) is 14.9 Å². The zero-order valence-electron chi connectivity index (χ0n) is 16.5. The van der Waals surface area contributed by atoms with Gasteiger partial charge < -0.3 is 20.4 Å². The summed E-state index contributed by atoms with van der Waals surface area (Å²) in [5.41, 5.74) is 1.54. The van der Waals surface area contributed by atoms with Crippen molar-refractivity contribution < 1.29 is 9.59 Å². The van der Waals surface area contributed by atoms with Crippen LogP contribution in [0.3, 0.4) is 0 Å². The molecule has 0 radical (unpaired) electrons. The lowest BCUT2D eigenvalue weighted by molar-refractivity contribution is -0.114. The first-order chi connectivity index (χ1) is 13.4. The molecule has 0 unspecified atom stereocenters. The number of hydrogen-bond donors (Lipinski definition) is 2. The molecule has 0 saturated carbocycles. The molecular weight excluding hydrogens is 356 g/mol. The minimum absolute atomic E-state index is 0.164. The van der Waals surface area contributed by atoms with E-state index in [2.05, 4.69) is 37.3 Å². The molecule has 2 heterocycles. The monoisotopic (exact) mass is 382 g/mol. The van der Waals surface area contributed by atoms with Crippen LogP contribution in [0.15, 0.2) is 30.3 Å². The Morgan fingerprint density at radius 1 is 1.04 bits per heavy atom. The second-order valence-electron chi connectivity index (χ2n) is 6.80. The van der Waals surface area contributed by atoms with Crippen LogP contribution in [0.5, 0.6) is 0 Å². The molecule has 2 aromatic rings. The number of rotatable bonds is 5. The van der Waals surface area contributed by atoms with Gasteiger partial charge in [0.1, 0.15) is 17.3 Å². The summed E-state index contributed by atoms with van der Waals surface area (Å²) in [5, 5.41) is 5.54. The third kappa shape index (κ3) is 5.04. The van der Waals surface area contributed by atoms with Crippen LogP contribution in [0, 0.1) is 6.92 Å². The van der Waals surface area contributed by atoms with Crippen molar-refractivity contribution in [2.45, 2.75) is 20.8 Å². The number of carbonyl (C=O) groups is 2. The molecule has 2 amide bonds. The number of piperazine rings is 1. The molecule has 8 heteroatoms. The summed E-state index contributed by atoms with van der Waals surface area (Å²) in [6.45, 7) is 10.2. The number of hydrogen-bond acceptors (Lipinski definition) is 6. The van der Waals surface area contributed by atoms with Crippen molar-refractivity contribution >= 4 is 29.0 Å². The number of likely N-dealkylation sites (N-methyl/N-ethyl adjacent to an activating group) is 1. The Balaban J connectivity index is 1.74. The van der Waals surface area contributed by atoms with Crippen LogP contribution < -0.4 is 15.5 Å². The van der Waals surface area contributed by atoms with Crippen LogP contribution in [0.4, 0.5) is 17.2 Å². The predicted octanol–water partition coefficient (Wildman–Crippen LogP) is 2.14. The van der Waals surface area contributed by atoms with Gasteiger partial charge in [0.2, 0.25) is 5.91 Å². The Bertz CT molecular complexity index is 862. The number of benzene rings is 1. The molecule has 1 aliphatic rings. The smallest absolute Gasteiger partial charge is 0.274 e. The van der Waals surface area contributed by atoms with E-state index < -0.39 is 0 Å². The largest absolute Gasteiger partial charge is 0.354 e. The predicted molar refractivity (Wildman–Crippen MR) is 110 cm³/mol. The van der Waals surface area contributed by atoms with Gasteiger partial charge in [0.25, 0.3) is 5.91 Å². The Morgan fingerprint density at radius 2 is 1.71 bits per heavy atom. The van der Waals surface area contributed by atoms with E-state index in [0.29, 0.717) is 22.9 Å². The Kier molecular flexibility index (Phi) is 6.20. The standard InChI is InChI=1S/C20H26N6O2/c1-4-25-8-10-26(11-9-25)19-13-18(21-14(2)22-19)20(28)24-17-7-5-6-16(12-17)23-15(3)27/h5-7,12-13H,4,8-11H2,1-3H3,(H,23,27)(H,24,28). The van der Waals surface area contributed by atoms with Crippen molar-refractivity contribution in [2.75, 3.05) is 48.3 Å². The Morgan fingerprint density at radius 3 is 2.36 bits per heavy atom. The molecule has 0 atom stereocenters. The lowest BCUT2D eigenvalue weighted by Gasteiger charge is -2.34. The maximum Gasteiger partial charge on any atom is 0.274 e. The minimum atomic E-state index is -0.307. The Labute approximate surface area is 165 Å². The molecule has 0 aliphatic carbocycles. The highest BCUT2D eigenvalue weighted by Gasteiger charge is 2.19. The molecule has 0 bridgehead atoms. The highest BCUT2D eigenvalue weighted by atomic mass is 16.2. The van der Waals surface area contributed by atoms with E-state index in [4.69, 9.17) is 0 Å². The first-order valence-electron chi connectivity index (χ1n) is 9.46. The highest BCUT2D eigenvalue weighted by molar-refractivity contribution is 6.03. The number of carbonyl (C=O) groups excluding carboxylic acids is 2. The summed E-state index contributed by atoms with van der Waals surface area (Å²) in [4.78, 5) is 37.3. The van der Waals surface area contributed by atoms with Gasteiger partial charge in [-0.15, -0.1) is 0 Å². The molecule has 148 valence electrons. The van der Waals surface area contributed by atoms with E-state index in [1.807, 2.05) is 0 Å². The SMILES string of the molecule is CCN1CCN(c2cc(C(=O)Nc3cccc(NC(C)=O)c3)nc(C)n2)CC1. The topological polar surface area (TPSA) is 90.5 Å². The first kappa shape index (κ1) is 19.8. The van der Waals surface area contributed by atoms with Gasteiger partial charge in [-0.1, -0.05) is 13.0 Å². The maximum absolute atomic E-state index is 12.7. The van der Waals surface area contributed by atoms with Gasteiger partial charge in [0.05, 0.1) is 0 Å². The summed E-state index contributed by atoms with van der Waals surface area (Å²) in [6, 6.07) is 8.74. The second-order valence-corrected chi connectivity index (χ2v) is 6.80. The number of aryl methyl sites for hydroxylation is 1. The van der Waals surface area contributed by atoms with Crippen LogP contribution in [0.1, 0.15) is 30.2 Å². The van der Waals surface area contributed by atoms with Gasteiger partial charge in [-0.2, -0.15) is 0 Å². The summed E-state index contributed by atoms with van der Waals surface area (Å²) in [7, 11) is 0. The van der Waals surface area contributed by atoms with Crippen LogP contribution in [-0.4, -0.2) is 59.4 Å². The summed E-state index contributed by atoms with van der Waals surface area (Å²) in [6.07, 6.45) is 0. The van der Waals surface area contributed by atoms with Crippen molar-refractivity contribution in [2.24, 2.45) is 0 Å². The number of nitrogens with one attached hydrogen (secondary N) is 2. The van der Waals surface area contributed by atoms with Gasteiger partial charge >= 0.3 is 0 Å². The van der Waals surface area contributed by atoms with Gasteiger partial charge in [-0.25, -0.2) is 9.97 Å². The fraction of sp³-hybridized carbons (Fsp3) is 0.400. The van der Waals surface area contributed by atoms with Crippen molar-refractivity contribution in [3.63, 3.8) is 0 Å². The number of amides is 2. The van der Waals surface area contributed by atoms with Crippen molar-refractivity contribution in [1.29, 1.82) is 0 Å². The highest BCUT2D eigenvalue weighted by Crippen LogP contribution is 2.18. The van der Waals surface area contributed by atoms with E-state index in [0.717, 1.165) is 38.5 Å². The number of nitrogens with zero attached hydrogens (tertiary/aromatic N) is 4. The fourth-order valence-electron chi connectivity index (χ4n) is 3.20. The molecule has 2 N–H and O–H groups in total. The molecule has 28 heavy (non-hydrogen) atoms. The van der Waals surface area contributed by atoms with Gasteiger partial charge in [0, 0.05) is 50.5 Å². The average Bonchev–Trinajstić information content (AvgIpc) is 2.67. The molecule has 8 nitrogen and oxygen atoms in total. The third-order valence-electron chi connectivity index (χ3n) is 4.64. The molecule has 3 rings (SSSR count). The zero-order chi connectivity index (χ0) is 20.1. The molecule has 1 aromatic heterocycles. The van der Waals surface area contributed by atoms with Gasteiger partial charge in [0.15, 0.2) is 0 Å². The van der Waals surface area contributed by atoms with Gasteiger partial charge in [-0.3, -0.25) is 9.59 Å². The van der Waals surface area contributed by atoms with Crippen molar-refractivity contribution in [3.8, 4) is 0 Å². The molecule has 1 fully saturated rings. The maximum atomic E-state index is 12.7.